The van der Waals surface area contributed by atoms with Gasteiger partial charge in [-0.05, 0) is 42.9 Å². The molecule has 18 heavy (non-hydrogen) atoms. The fourth-order valence-electron chi connectivity index (χ4n) is 1.80. The lowest BCUT2D eigenvalue weighted by molar-refractivity contribution is -0.0224. The Hall–Kier alpha value is -1.13. The van der Waals surface area contributed by atoms with Gasteiger partial charge in [0.15, 0.2) is 11.6 Å². The van der Waals surface area contributed by atoms with Gasteiger partial charge in [-0.25, -0.2) is 4.39 Å². The largest absolute Gasteiger partial charge is 0.490 e. The van der Waals surface area contributed by atoms with Crippen molar-refractivity contribution < 1.29 is 19.3 Å². The predicted molar refractivity (Wildman–Crippen MR) is 65.9 cm³/mol. The van der Waals surface area contributed by atoms with E-state index < -0.39 is 18.0 Å². The first kappa shape index (κ1) is 13.3. The van der Waals surface area contributed by atoms with Crippen molar-refractivity contribution in [2.24, 2.45) is 5.92 Å². The molecule has 1 saturated carbocycles. The van der Waals surface area contributed by atoms with Gasteiger partial charge in [0.2, 0.25) is 0 Å². The molecule has 2 N–H and O–H groups in total. The average Bonchev–Trinajstić information content (AvgIpc) is 3.21. The van der Waals surface area contributed by atoms with E-state index in [4.69, 9.17) is 4.74 Å². The molecular weight excluding hydrogens is 235 g/mol. The molecule has 1 aromatic carbocycles. The number of aliphatic hydroxyl groups excluding tert-OH is 1. The van der Waals surface area contributed by atoms with Gasteiger partial charge in [-0.3, -0.25) is 0 Å². The summed E-state index contributed by atoms with van der Waals surface area (Å²) in [5, 5.41) is 19.4. The van der Waals surface area contributed by atoms with Crippen LogP contribution in [0.3, 0.4) is 0 Å². The van der Waals surface area contributed by atoms with Gasteiger partial charge in [0.05, 0.1) is 13.2 Å². The molecule has 0 heterocycles. The first-order valence-electron chi connectivity index (χ1n) is 6.35. The Balaban J connectivity index is 2.18. The van der Waals surface area contributed by atoms with E-state index in [9.17, 15) is 14.6 Å². The Morgan fingerprint density at radius 2 is 2.17 bits per heavy atom. The Morgan fingerprint density at radius 3 is 2.72 bits per heavy atom. The third kappa shape index (κ3) is 2.82. The molecule has 100 valence electrons. The summed E-state index contributed by atoms with van der Waals surface area (Å²) in [5.74, 6) is 0.256. The van der Waals surface area contributed by atoms with Crippen LogP contribution in [0.2, 0.25) is 0 Å². The normalized spacial score (nSPS) is 18.4. The molecule has 4 heteroatoms. The van der Waals surface area contributed by atoms with Crippen LogP contribution in [0.1, 0.15) is 31.7 Å². The van der Waals surface area contributed by atoms with E-state index in [0.717, 1.165) is 12.8 Å². The van der Waals surface area contributed by atoms with Crippen molar-refractivity contribution in [3.8, 4) is 5.75 Å². The summed E-state index contributed by atoms with van der Waals surface area (Å²) in [5.41, 5.74) is -0.842. The lowest BCUT2D eigenvalue weighted by atomic mass is 9.92. The van der Waals surface area contributed by atoms with Gasteiger partial charge in [-0.2, -0.15) is 0 Å². The average molecular weight is 254 g/mol. The smallest absolute Gasteiger partial charge is 0.165 e. The zero-order valence-corrected chi connectivity index (χ0v) is 10.5. The Morgan fingerprint density at radius 1 is 1.44 bits per heavy atom. The van der Waals surface area contributed by atoms with Crippen molar-refractivity contribution in [3.63, 3.8) is 0 Å². The number of benzene rings is 1. The van der Waals surface area contributed by atoms with Crippen LogP contribution in [-0.2, 0) is 5.60 Å². The molecule has 1 fully saturated rings. The molecule has 2 rings (SSSR count). The maximum Gasteiger partial charge on any atom is 0.165 e. The van der Waals surface area contributed by atoms with Crippen molar-refractivity contribution in [2.45, 2.75) is 31.8 Å². The van der Waals surface area contributed by atoms with E-state index in [1.165, 1.54) is 18.2 Å². The Kier molecular flexibility index (Phi) is 3.88. The summed E-state index contributed by atoms with van der Waals surface area (Å²) in [6.45, 7) is 1.89. The van der Waals surface area contributed by atoms with E-state index in [1.807, 2.05) is 0 Å². The van der Waals surface area contributed by atoms with Gasteiger partial charge in [0, 0.05) is 0 Å². The van der Waals surface area contributed by atoms with Crippen LogP contribution >= 0.6 is 0 Å². The third-order valence-corrected chi connectivity index (χ3v) is 3.49. The van der Waals surface area contributed by atoms with Crippen LogP contribution in [0.15, 0.2) is 18.2 Å². The van der Waals surface area contributed by atoms with E-state index in [-0.39, 0.29) is 5.75 Å². The number of rotatable bonds is 6. The quantitative estimate of drug-likeness (QED) is 0.818. The minimum absolute atomic E-state index is 0.153. The molecule has 1 atom stereocenters. The third-order valence-electron chi connectivity index (χ3n) is 3.49. The highest BCUT2D eigenvalue weighted by atomic mass is 19.1. The fourth-order valence-corrected chi connectivity index (χ4v) is 1.80. The summed E-state index contributed by atoms with van der Waals surface area (Å²) in [4.78, 5) is 0. The van der Waals surface area contributed by atoms with Gasteiger partial charge >= 0.3 is 0 Å². The summed E-state index contributed by atoms with van der Waals surface area (Å²) in [7, 11) is 0. The molecule has 1 aromatic rings. The molecule has 0 bridgehead atoms. The first-order chi connectivity index (χ1) is 8.59. The van der Waals surface area contributed by atoms with Crippen molar-refractivity contribution in [3.05, 3.63) is 29.6 Å². The number of aliphatic hydroxyl groups is 2. The molecule has 0 radical (unpaired) electrons. The zero-order valence-electron chi connectivity index (χ0n) is 10.5. The number of hydrogen-bond donors (Lipinski definition) is 2. The maximum absolute atomic E-state index is 13.6. The van der Waals surface area contributed by atoms with Crippen LogP contribution in [0.25, 0.3) is 0 Å². The SMILES string of the molecule is CC[C@@](O)(CO)c1ccc(F)c(OCC2CC2)c1. The highest BCUT2D eigenvalue weighted by Gasteiger charge is 2.28. The van der Waals surface area contributed by atoms with Crippen LogP contribution < -0.4 is 4.74 Å². The zero-order chi connectivity index (χ0) is 13.2. The Labute approximate surface area is 106 Å². The number of ether oxygens (including phenoxy) is 1. The Bertz CT molecular complexity index is 412. The predicted octanol–water partition coefficient (Wildman–Crippen LogP) is 2.20. The van der Waals surface area contributed by atoms with Crippen LogP contribution in [0, 0.1) is 11.7 Å². The molecule has 0 aliphatic heterocycles. The molecular formula is C14H19FO3. The molecule has 1 aliphatic rings. The monoisotopic (exact) mass is 254 g/mol. The summed E-state index contributed by atoms with van der Waals surface area (Å²) in [6, 6.07) is 4.24. The molecule has 0 amide bonds. The molecule has 0 saturated heterocycles. The van der Waals surface area contributed by atoms with Crippen molar-refractivity contribution in [1.29, 1.82) is 0 Å². The van der Waals surface area contributed by atoms with Crippen LogP contribution in [-0.4, -0.2) is 23.4 Å². The lowest BCUT2D eigenvalue weighted by Crippen LogP contribution is -2.29. The van der Waals surface area contributed by atoms with Crippen molar-refractivity contribution in [1.82, 2.24) is 0 Å². The molecule has 3 nitrogen and oxygen atoms in total. The minimum atomic E-state index is -1.33. The standard InChI is InChI=1S/C14H19FO3/c1-2-14(17,9-16)11-5-6-12(15)13(7-11)18-8-10-3-4-10/h5-7,10,16-17H,2-4,8-9H2,1H3/t14-/m1/s1. The van der Waals surface area contributed by atoms with E-state index in [0.29, 0.717) is 24.5 Å². The van der Waals surface area contributed by atoms with Gasteiger partial charge in [-0.1, -0.05) is 13.0 Å². The first-order valence-corrected chi connectivity index (χ1v) is 6.35. The second kappa shape index (κ2) is 5.24. The number of hydrogen-bond acceptors (Lipinski definition) is 3. The molecule has 0 unspecified atom stereocenters. The van der Waals surface area contributed by atoms with Crippen molar-refractivity contribution in [2.75, 3.05) is 13.2 Å². The van der Waals surface area contributed by atoms with E-state index >= 15 is 0 Å². The van der Waals surface area contributed by atoms with Gasteiger partial charge in [0.1, 0.15) is 5.60 Å². The van der Waals surface area contributed by atoms with E-state index in [1.54, 1.807) is 6.92 Å². The second-order valence-corrected chi connectivity index (χ2v) is 4.94. The summed E-state index contributed by atoms with van der Waals surface area (Å²) >= 11 is 0. The summed E-state index contributed by atoms with van der Waals surface area (Å²) in [6.07, 6.45) is 2.63. The van der Waals surface area contributed by atoms with Crippen molar-refractivity contribution >= 4 is 0 Å². The topological polar surface area (TPSA) is 49.7 Å². The minimum Gasteiger partial charge on any atom is -0.490 e. The molecule has 1 aliphatic carbocycles. The van der Waals surface area contributed by atoms with Gasteiger partial charge < -0.3 is 14.9 Å². The van der Waals surface area contributed by atoms with Gasteiger partial charge in [0.25, 0.3) is 0 Å². The summed E-state index contributed by atoms with van der Waals surface area (Å²) < 4.78 is 19.0. The maximum atomic E-state index is 13.6. The second-order valence-electron chi connectivity index (χ2n) is 4.94. The fraction of sp³-hybridized carbons (Fsp3) is 0.571. The van der Waals surface area contributed by atoms with Crippen LogP contribution in [0.5, 0.6) is 5.75 Å². The molecule has 0 aromatic heterocycles. The van der Waals surface area contributed by atoms with E-state index in [2.05, 4.69) is 0 Å². The highest BCUT2D eigenvalue weighted by Crippen LogP contribution is 2.32. The van der Waals surface area contributed by atoms with Crippen LogP contribution in [0.4, 0.5) is 4.39 Å². The molecule has 0 spiro atoms. The number of halogens is 1. The highest BCUT2D eigenvalue weighted by molar-refractivity contribution is 5.34. The lowest BCUT2D eigenvalue weighted by Gasteiger charge is -2.25. The van der Waals surface area contributed by atoms with Gasteiger partial charge in [-0.15, -0.1) is 0 Å².